The van der Waals surface area contributed by atoms with E-state index in [1.54, 1.807) is 7.05 Å². The number of benzene rings is 2. The smallest absolute Gasteiger partial charge is 0.243 e. The molecule has 27 heavy (non-hydrogen) atoms. The van der Waals surface area contributed by atoms with Gasteiger partial charge in [-0.05, 0) is 57.4 Å². The van der Waals surface area contributed by atoms with E-state index >= 15 is 0 Å². The molecule has 0 heterocycles. The highest BCUT2D eigenvalue weighted by Gasteiger charge is 2.15. The quantitative estimate of drug-likeness (QED) is 0.750. The summed E-state index contributed by atoms with van der Waals surface area (Å²) in [5.74, 6) is 0.0717. The van der Waals surface area contributed by atoms with Crippen molar-refractivity contribution < 1.29 is 9.59 Å². The lowest BCUT2D eigenvalue weighted by Gasteiger charge is -2.18. The van der Waals surface area contributed by atoms with Gasteiger partial charge in [0.2, 0.25) is 11.8 Å². The van der Waals surface area contributed by atoms with E-state index in [1.807, 2.05) is 46.8 Å². The highest BCUT2D eigenvalue weighted by molar-refractivity contribution is 8.00. The number of anilines is 1. The topological polar surface area (TPSA) is 49.4 Å². The van der Waals surface area contributed by atoms with Gasteiger partial charge < -0.3 is 10.2 Å². The Hall–Kier alpha value is -2.27. The summed E-state index contributed by atoms with van der Waals surface area (Å²) < 4.78 is 0. The lowest BCUT2D eigenvalue weighted by atomic mass is 10.1. The molecule has 0 radical (unpaired) electrons. The summed E-state index contributed by atoms with van der Waals surface area (Å²) in [6.07, 6.45) is 0. The van der Waals surface area contributed by atoms with Crippen LogP contribution in [-0.2, 0) is 9.59 Å². The molecule has 0 saturated carbocycles. The van der Waals surface area contributed by atoms with Crippen LogP contribution in [0, 0.1) is 34.6 Å². The van der Waals surface area contributed by atoms with Crippen molar-refractivity contribution in [3.63, 3.8) is 0 Å². The van der Waals surface area contributed by atoms with Gasteiger partial charge >= 0.3 is 0 Å². The molecule has 0 aliphatic carbocycles. The molecule has 4 nitrogen and oxygen atoms in total. The van der Waals surface area contributed by atoms with Gasteiger partial charge in [-0.25, -0.2) is 0 Å². The third kappa shape index (κ3) is 5.86. The Balaban J connectivity index is 1.92. The number of rotatable bonds is 6. The zero-order chi connectivity index (χ0) is 20.1. The van der Waals surface area contributed by atoms with E-state index in [0.717, 1.165) is 27.3 Å². The molecule has 2 rings (SSSR count). The first-order chi connectivity index (χ1) is 12.7. The van der Waals surface area contributed by atoms with Crippen molar-refractivity contribution in [1.82, 2.24) is 4.90 Å². The fourth-order valence-electron chi connectivity index (χ4n) is 2.97. The summed E-state index contributed by atoms with van der Waals surface area (Å²) in [6, 6.07) is 10.3. The van der Waals surface area contributed by atoms with E-state index in [1.165, 1.54) is 27.8 Å². The monoisotopic (exact) mass is 384 g/mol. The van der Waals surface area contributed by atoms with Crippen LogP contribution >= 0.6 is 11.8 Å². The number of nitrogens with one attached hydrogen (secondary N) is 1. The Morgan fingerprint density at radius 2 is 1.56 bits per heavy atom. The highest BCUT2D eigenvalue weighted by Crippen LogP contribution is 2.24. The zero-order valence-corrected chi connectivity index (χ0v) is 17.8. The zero-order valence-electron chi connectivity index (χ0n) is 17.0. The molecule has 0 aliphatic rings. The van der Waals surface area contributed by atoms with Crippen molar-refractivity contribution in [2.45, 2.75) is 39.5 Å². The Kier molecular flexibility index (Phi) is 7.08. The van der Waals surface area contributed by atoms with E-state index < -0.39 is 0 Å². The maximum atomic E-state index is 12.4. The Labute approximate surface area is 166 Å². The molecular formula is C22H28N2O2S. The van der Waals surface area contributed by atoms with Crippen LogP contribution < -0.4 is 5.32 Å². The van der Waals surface area contributed by atoms with E-state index in [2.05, 4.69) is 23.5 Å². The normalized spacial score (nSPS) is 10.6. The van der Waals surface area contributed by atoms with Crippen molar-refractivity contribution in [2.24, 2.45) is 0 Å². The number of amides is 2. The molecule has 0 atom stereocenters. The second-order valence-electron chi connectivity index (χ2n) is 7.13. The molecule has 1 N–H and O–H groups in total. The van der Waals surface area contributed by atoms with Crippen molar-refractivity contribution in [3.05, 3.63) is 58.1 Å². The summed E-state index contributed by atoms with van der Waals surface area (Å²) in [6.45, 7) is 10.1. The van der Waals surface area contributed by atoms with Gasteiger partial charge in [-0.3, -0.25) is 9.59 Å². The SMILES string of the molecule is Cc1cc(C)c(NC(=O)CN(C)C(=O)CSc2cc(C)ccc2C)c(C)c1. The van der Waals surface area contributed by atoms with Gasteiger partial charge in [0.05, 0.1) is 12.3 Å². The average Bonchev–Trinajstić information content (AvgIpc) is 2.58. The first-order valence-electron chi connectivity index (χ1n) is 8.99. The number of nitrogens with zero attached hydrogens (tertiary/aromatic N) is 1. The van der Waals surface area contributed by atoms with Gasteiger partial charge in [-0.2, -0.15) is 0 Å². The number of likely N-dealkylation sites (N-methyl/N-ethyl adjacent to an activating group) is 1. The van der Waals surface area contributed by atoms with Gasteiger partial charge in [0, 0.05) is 17.6 Å². The van der Waals surface area contributed by atoms with Crippen molar-refractivity contribution >= 4 is 29.3 Å². The maximum Gasteiger partial charge on any atom is 0.243 e. The lowest BCUT2D eigenvalue weighted by Crippen LogP contribution is -2.36. The third-order valence-corrected chi connectivity index (χ3v) is 5.58. The standard InChI is InChI=1S/C22H28N2O2S/c1-14-7-8-16(3)19(11-14)27-13-21(26)24(6)12-20(25)23-22-17(4)9-15(2)10-18(22)5/h7-11H,12-13H2,1-6H3,(H,23,25). The van der Waals surface area contributed by atoms with Crippen LogP contribution in [0.4, 0.5) is 5.69 Å². The second kappa shape index (κ2) is 9.09. The molecular weight excluding hydrogens is 356 g/mol. The minimum atomic E-state index is -0.183. The fourth-order valence-corrected chi connectivity index (χ4v) is 4.04. The molecule has 0 spiro atoms. The largest absolute Gasteiger partial charge is 0.336 e. The van der Waals surface area contributed by atoms with Gasteiger partial charge in [0.15, 0.2) is 0 Å². The second-order valence-corrected chi connectivity index (χ2v) is 8.15. The van der Waals surface area contributed by atoms with E-state index in [4.69, 9.17) is 0 Å². The van der Waals surface area contributed by atoms with E-state index in [9.17, 15) is 9.59 Å². The first kappa shape index (κ1) is 21.0. The molecule has 2 aromatic carbocycles. The molecule has 0 fully saturated rings. The van der Waals surface area contributed by atoms with Crippen LogP contribution in [-0.4, -0.2) is 36.1 Å². The minimum Gasteiger partial charge on any atom is -0.336 e. The molecule has 144 valence electrons. The summed E-state index contributed by atoms with van der Waals surface area (Å²) in [7, 11) is 1.67. The summed E-state index contributed by atoms with van der Waals surface area (Å²) >= 11 is 1.51. The first-order valence-corrected chi connectivity index (χ1v) is 9.97. The van der Waals surface area contributed by atoms with Crippen LogP contribution in [0.15, 0.2) is 35.2 Å². The van der Waals surface area contributed by atoms with Crippen LogP contribution in [0.3, 0.4) is 0 Å². The number of thioether (sulfide) groups is 1. The molecule has 0 bridgehead atoms. The van der Waals surface area contributed by atoms with Gasteiger partial charge in [0.25, 0.3) is 0 Å². The molecule has 0 aliphatic heterocycles. The predicted octanol–water partition coefficient (Wildman–Crippen LogP) is 4.42. The molecule has 0 saturated heterocycles. The summed E-state index contributed by atoms with van der Waals surface area (Å²) in [5, 5.41) is 2.94. The summed E-state index contributed by atoms with van der Waals surface area (Å²) in [5.41, 5.74) is 6.38. The number of aryl methyl sites for hydroxylation is 5. The predicted molar refractivity (Wildman–Crippen MR) is 114 cm³/mol. The van der Waals surface area contributed by atoms with E-state index in [-0.39, 0.29) is 18.4 Å². The van der Waals surface area contributed by atoms with E-state index in [0.29, 0.717) is 5.75 Å². The Morgan fingerprint density at radius 3 is 2.19 bits per heavy atom. The Bertz CT molecular complexity index is 838. The van der Waals surface area contributed by atoms with Crippen LogP contribution in [0.5, 0.6) is 0 Å². The molecule has 2 aromatic rings. The third-order valence-electron chi connectivity index (χ3n) is 4.44. The van der Waals surface area contributed by atoms with Gasteiger partial charge in [0.1, 0.15) is 0 Å². The highest BCUT2D eigenvalue weighted by atomic mass is 32.2. The maximum absolute atomic E-state index is 12.4. The van der Waals surface area contributed by atoms with Crippen molar-refractivity contribution in [1.29, 1.82) is 0 Å². The Morgan fingerprint density at radius 1 is 0.926 bits per heavy atom. The molecule has 0 aromatic heterocycles. The molecule has 5 heteroatoms. The number of carbonyl (C=O) groups is 2. The number of hydrogen-bond donors (Lipinski definition) is 1. The van der Waals surface area contributed by atoms with Crippen LogP contribution in [0.25, 0.3) is 0 Å². The fraction of sp³-hybridized carbons (Fsp3) is 0.364. The van der Waals surface area contributed by atoms with Crippen LogP contribution in [0.1, 0.15) is 27.8 Å². The van der Waals surface area contributed by atoms with Crippen molar-refractivity contribution in [3.8, 4) is 0 Å². The number of hydrogen-bond acceptors (Lipinski definition) is 3. The van der Waals surface area contributed by atoms with Crippen LogP contribution in [0.2, 0.25) is 0 Å². The van der Waals surface area contributed by atoms with Gasteiger partial charge in [-0.15, -0.1) is 11.8 Å². The minimum absolute atomic E-state index is 0.0406. The molecule has 2 amide bonds. The lowest BCUT2D eigenvalue weighted by molar-refractivity contribution is -0.131. The molecule has 0 unspecified atom stereocenters. The average molecular weight is 385 g/mol. The number of carbonyl (C=O) groups excluding carboxylic acids is 2. The van der Waals surface area contributed by atoms with Gasteiger partial charge in [-0.1, -0.05) is 35.4 Å². The van der Waals surface area contributed by atoms with Crippen molar-refractivity contribution in [2.75, 3.05) is 24.7 Å². The summed E-state index contributed by atoms with van der Waals surface area (Å²) in [4.78, 5) is 27.4.